The second kappa shape index (κ2) is 4.24. The summed E-state index contributed by atoms with van der Waals surface area (Å²) in [6.45, 7) is 0. The molecule has 0 amide bonds. The SMILES string of the molecule is COc1cc(O)ccc1-c1coc2cc(O)ccc12. The Balaban J connectivity index is 2.24. The maximum atomic E-state index is 9.48. The van der Waals surface area contributed by atoms with Crippen molar-refractivity contribution in [3.63, 3.8) is 0 Å². The largest absolute Gasteiger partial charge is 0.508 e. The van der Waals surface area contributed by atoms with E-state index in [0.717, 1.165) is 16.5 Å². The second-order valence-corrected chi connectivity index (χ2v) is 4.21. The molecule has 3 rings (SSSR count). The molecule has 96 valence electrons. The van der Waals surface area contributed by atoms with Crippen molar-refractivity contribution >= 4 is 11.0 Å². The van der Waals surface area contributed by atoms with Crippen LogP contribution in [0.15, 0.2) is 47.1 Å². The van der Waals surface area contributed by atoms with E-state index >= 15 is 0 Å². The van der Waals surface area contributed by atoms with Gasteiger partial charge in [-0.2, -0.15) is 0 Å². The lowest BCUT2D eigenvalue weighted by atomic mass is 10.0. The number of aromatic hydroxyl groups is 2. The van der Waals surface area contributed by atoms with Gasteiger partial charge < -0.3 is 19.4 Å². The second-order valence-electron chi connectivity index (χ2n) is 4.21. The highest BCUT2D eigenvalue weighted by atomic mass is 16.5. The average molecular weight is 256 g/mol. The van der Waals surface area contributed by atoms with Gasteiger partial charge in [0.1, 0.15) is 22.8 Å². The summed E-state index contributed by atoms with van der Waals surface area (Å²) in [5.41, 5.74) is 2.28. The van der Waals surface area contributed by atoms with E-state index in [1.54, 1.807) is 49.8 Å². The number of methoxy groups -OCH3 is 1. The van der Waals surface area contributed by atoms with Gasteiger partial charge in [0.25, 0.3) is 0 Å². The summed E-state index contributed by atoms with van der Waals surface area (Å²) in [4.78, 5) is 0. The van der Waals surface area contributed by atoms with Gasteiger partial charge in [0.2, 0.25) is 0 Å². The molecule has 0 unspecified atom stereocenters. The molecule has 0 aliphatic heterocycles. The Hall–Kier alpha value is -2.62. The summed E-state index contributed by atoms with van der Waals surface area (Å²) in [6.07, 6.45) is 1.61. The quantitative estimate of drug-likeness (QED) is 0.736. The van der Waals surface area contributed by atoms with Gasteiger partial charge in [0.15, 0.2) is 0 Å². The van der Waals surface area contributed by atoms with Crippen molar-refractivity contribution in [2.24, 2.45) is 0 Å². The zero-order valence-corrected chi connectivity index (χ0v) is 10.3. The maximum absolute atomic E-state index is 9.48. The molecule has 2 aromatic carbocycles. The lowest BCUT2D eigenvalue weighted by molar-refractivity contribution is 0.409. The van der Waals surface area contributed by atoms with Crippen LogP contribution < -0.4 is 4.74 Å². The fraction of sp³-hybridized carbons (Fsp3) is 0.0667. The molecule has 3 aromatic rings. The molecule has 1 aromatic heterocycles. The smallest absolute Gasteiger partial charge is 0.138 e. The zero-order valence-electron chi connectivity index (χ0n) is 10.3. The first-order valence-electron chi connectivity index (χ1n) is 5.76. The molecule has 0 aliphatic carbocycles. The molecule has 19 heavy (non-hydrogen) atoms. The van der Waals surface area contributed by atoms with E-state index in [1.807, 2.05) is 0 Å². The fourth-order valence-corrected chi connectivity index (χ4v) is 2.13. The molecule has 4 heteroatoms. The predicted molar refractivity (Wildman–Crippen MR) is 71.5 cm³/mol. The lowest BCUT2D eigenvalue weighted by Gasteiger charge is -2.07. The first kappa shape index (κ1) is 11.5. The van der Waals surface area contributed by atoms with Gasteiger partial charge in [-0.1, -0.05) is 0 Å². The van der Waals surface area contributed by atoms with Crippen LogP contribution in [0.2, 0.25) is 0 Å². The summed E-state index contributed by atoms with van der Waals surface area (Å²) in [5, 5.41) is 19.8. The number of hydrogen-bond acceptors (Lipinski definition) is 4. The number of phenols is 2. The minimum absolute atomic E-state index is 0.144. The van der Waals surface area contributed by atoms with Crippen LogP contribution >= 0.6 is 0 Å². The summed E-state index contributed by atoms with van der Waals surface area (Å²) in [6, 6.07) is 9.87. The van der Waals surface area contributed by atoms with Crippen molar-refractivity contribution in [3.8, 4) is 28.4 Å². The van der Waals surface area contributed by atoms with Crippen molar-refractivity contribution in [1.29, 1.82) is 0 Å². The average Bonchev–Trinajstić information content (AvgIpc) is 2.81. The number of fused-ring (bicyclic) bond motifs is 1. The highest BCUT2D eigenvalue weighted by molar-refractivity contribution is 5.96. The molecule has 0 radical (unpaired) electrons. The third kappa shape index (κ3) is 1.87. The molecular weight excluding hydrogens is 244 g/mol. The van der Waals surface area contributed by atoms with Crippen LogP contribution in [-0.2, 0) is 0 Å². The molecule has 1 heterocycles. The number of phenolic OH excluding ortho intramolecular Hbond substituents is 2. The van der Waals surface area contributed by atoms with E-state index in [0.29, 0.717) is 11.3 Å². The molecule has 0 saturated carbocycles. The number of furan rings is 1. The van der Waals surface area contributed by atoms with E-state index in [1.165, 1.54) is 0 Å². The Morgan fingerprint density at radius 3 is 2.47 bits per heavy atom. The Morgan fingerprint density at radius 1 is 0.947 bits per heavy atom. The van der Waals surface area contributed by atoms with Crippen LogP contribution in [-0.4, -0.2) is 17.3 Å². The summed E-state index contributed by atoms with van der Waals surface area (Å²) < 4.78 is 10.7. The van der Waals surface area contributed by atoms with Crippen molar-refractivity contribution < 1.29 is 19.4 Å². The van der Waals surface area contributed by atoms with Gasteiger partial charge in [-0.05, 0) is 24.3 Å². The molecule has 0 aliphatic rings. The molecule has 0 spiro atoms. The molecule has 2 N–H and O–H groups in total. The highest BCUT2D eigenvalue weighted by Crippen LogP contribution is 2.38. The summed E-state index contributed by atoms with van der Waals surface area (Å²) in [7, 11) is 1.55. The first-order valence-corrected chi connectivity index (χ1v) is 5.76. The fourth-order valence-electron chi connectivity index (χ4n) is 2.13. The minimum Gasteiger partial charge on any atom is -0.508 e. The third-order valence-electron chi connectivity index (χ3n) is 3.03. The Kier molecular flexibility index (Phi) is 2.56. The highest BCUT2D eigenvalue weighted by Gasteiger charge is 2.13. The van der Waals surface area contributed by atoms with Crippen LogP contribution in [0.25, 0.3) is 22.1 Å². The summed E-state index contributed by atoms with van der Waals surface area (Å²) in [5.74, 6) is 0.868. The summed E-state index contributed by atoms with van der Waals surface area (Å²) >= 11 is 0. The van der Waals surface area contributed by atoms with Gasteiger partial charge in [-0.3, -0.25) is 0 Å². The molecular formula is C15H12O4. The Labute approximate surface area is 109 Å². The third-order valence-corrected chi connectivity index (χ3v) is 3.03. The topological polar surface area (TPSA) is 62.8 Å². The van der Waals surface area contributed by atoms with Gasteiger partial charge in [-0.15, -0.1) is 0 Å². The first-order chi connectivity index (χ1) is 9.19. The van der Waals surface area contributed by atoms with E-state index in [2.05, 4.69) is 0 Å². The van der Waals surface area contributed by atoms with Crippen LogP contribution in [0.5, 0.6) is 17.2 Å². The van der Waals surface area contributed by atoms with Crippen molar-refractivity contribution in [2.45, 2.75) is 0 Å². The van der Waals surface area contributed by atoms with Gasteiger partial charge >= 0.3 is 0 Å². The van der Waals surface area contributed by atoms with E-state index < -0.39 is 0 Å². The number of ether oxygens (including phenoxy) is 1. The van der Waals surface area contributed by atoms with Crippen LogP contribution in [0.1, 0.15) is 0 Å². The zero-order chi connectivity index (χ0) is 13.4. The van der Waals surface area contributed by atoms with E-state index in [9.17, 15) is 10.2 Å². The number of benzene rings is 2. The molecule has 4 nitrogen and oxygen atoms in total. The predicted octanol–water partition coefficient (Wildman–Crippen LogP) is 3.52. The normalized spacial score (nSPS) is 10.8. The molecule has 0 saturated heterocycles. The van der Waals surface area contributed by atoms with Crippen LogP contribution in [0.3, 0.4) is 0 Å². The van der Waals surface area contributed by atoms with Gasteiger partial charge in [0, 0.05) is 28.6 Å². The van der Waals surface area contributed by atoms with E-state index in [-0.39, 0.29) is 11.5 Å². The minimum atomic E-state index is 0.144. The number of hydrogen-bond donors (Lipinski definition) is 2. The lowest BCUT2D eigenvalue weighted by Crippen LogP contribution is -1.86. The van der Waals surface area contributed by atoms with Crippen molar-refractivity contribution in [2.75, 3.05) is 7.11 Å². The Morgan fingerprint density at radius 2 is 1.68 bits per heavy atom. The van der Waals surface area contributed by atoms with E-state index in [4.69, 9.17) is 9.15 Å². The Bertz CT molecular complexity index is 743. The maximum Gasteiger partial charge on any atom is 0.138 e. The van der Waals surface area contributed by atoms with Crippen LogP contribution in [0, 0.1) is 0 Å². The van der Waals surface area contributed by atoms with Crippen molar-refractivity contribution in [3.05, 3.63) is 42.7 Å². The standard InChI is InChI=1S/C15H12O4/c1-18-14-6-9(16)2-4-11(14)13-8-19-15-7-10(17)3-5-12(13)15/h2-8,16-17H,1H3. The monoisotopic (exact) mass is 256 g/mol. The van der Waals surface area contributed by atoms with Crippen molar-refractivity contribution in [1.82, 2.24) is 0 Å². The molecule has 0 fully saturated rings. The van der Waals surface area contributed by atoms with Gasteiger partial charge in [-0.25, -0.2) is 0 Å². The molecule has 0 bridgehead atoms. The molecule has 0 atom stereocenters. The van der Waals surface area contributed by atoms with Crippen LogP contribution in [0.4, 0.5) is 0 Å². The van der Waals surface area contributed by atoms with Gasteiger partial charge in [0.05, 0.1) is 13.4 Å². The number of rotatable bonds is 2.